The van der Waals surface area contributed by atoms with Crippen molar-refractivity contribution in [3.05, 3.63) is 93.9 Å². The van der Waals surface area contributed by atoms with Gasteiger partial charge in [-0.15, -0.1) is 0 Å². The summed E-state index contributed by atoms with van der Waals surface area (Å²) in [5.41, 5.74) is 6.01. The van der Waals surface area contributed by atoms with Crippen molar-refractivity contribution in [2.45, 2.75) is 81.3 Å². The average Bonchev–Trinajstić information content (AvgIpc) is 3.93. The number of ether oxygens (including phenoxy) is 2. The molecule has 0 unspecified atom stereocenters. The molecule has 52 heavy (non-hydrogen) atoms. The number of rotatable bonds is 5. The molecule has 6 aliphatic heterocycles. The van der Waals surface area contributed by atoms with E-state index in [4.69, 9.17) is 9.47 Å². The number of aromatic hydroxyl groups is 2. The molecule has 10 heteroatoms. The molecule has 4 N–H and O–H groups in total. The number of fused-ring (bicyclic) bond motifs is 2. The summed E-state index contributed by atoms with van der Waals surface area (Å²) >= 11 is 0. The Bertz CT molecular complexity index is 2120. The van der Waals surface area contributed by atoms with Crippen molar-refractivity contribution >= 4 is 23.3 Å². The van der Waals surface area contributed by atoms with Crippen LogP contribution in [0.15, 0.2) is 77.2 Å². The Morgan fingerprint density at radius 2 is 1.52 bits per heavy atom. The van der Waals surface area contributed by atoms with Gasteiger partial charge in [-0.25, -0.2) is 9.59 Å². The normalized spacial score (nSPS) is 36.0. The standard InChI is InChI=1S/C42H46N4O6/c1-5-39-12-8-16-45-17-14-42(37(39)45)27-19-23(31(48)20-28(27)43-33(42)24(21-39)35(49)51-3)29-11-13-40(6-2)22-25(36(50)52-4)34-41(15-18-46(29)38(40)41)26-9-7-10-30(47)32(26)44-34/h7-13,19-20,29,37-38,43-44,47-48H,5-6,14-18,21-22H2,1-4H3/t29-,37+,38+,39+,40+,41+,42+/m1/s1. The van der Waals surface area contributed by atoms with Crippen molar-refractivity contribution in [2.24, 2.45) is 10.8 Å². The summed E-state index contributed by atoms with van der Waals surface area (Å²) in [6.07, 6.45) is 13.6. The SMILES string of the molecule is CC[C@]12C=CCN3CC[C@]4(C(=C(C(=O)OC)C1)Nc1cc(O)c([C@H]5C=C[C@@]6(CC)CC(C(=O)OC)=C7Nc8c(O)cccc8[C@@]78CCN5[C@@H]68)cc14)[C@@H]32. The number of carbonyl (C=O) groups excluding carboxylic acids is 2. The van der Waals surface area contributed by atoms with Crippen LogP contribution in [0.25, 0.3) is 0 Å². The van der Waals surface area contributed by atoms with Gasteiger partial charge in [-0.1, -0.05) is 50.3 Å². The zero-order chi connectivity index (χ0) is 35.9. The van der Waals surface area contributed by atoms with Crippen LogP contribution < -0.4 is 10.6 Å². The molecule has 0 saturated carbocycles. The number of hydrogen-bond acceptors (Lipinski definition) is 10. The molecule has 0 aromatic heterocycles. The molecule has 2 aliphatic carbocycles. The molecule has 2 spiro atoms. The van der Waals surface area contributed by atoms with Crippen molar-refractivity contribution in [3.63, 3.8) is 0 Å². The number of nitrogens with one attached hydrogen (secondary N) is 2. The van der Waals surface area contributed by atoms with Gasteiger partial charge in [0, 0.05) is 71.3 Å². The Balaban J connectivity index is 1.15. The van der Waals surface area contributed by atoms with Crippen molar-refractivity contribution < 1.29 is 29.3 Å². The summed E-state index contributed by atoms with van der Waals surface area (Å²) in [4.78, 5) is 32.2. The van der Waals surface area contributed by atoms with Crippen LogP contribution >= 0.6 is 0 Å². The first-order valence-corrected chi connectivity index (χ1v) is 18.9. The van der Waals surface area contributed by atoms with Gasteiger partial charge in [-0.3, -0.25) is 9.80 Å². The predicted molar refractivity (Wildman–Crippen MR) is 196 cm³/mol. The van der Waals surface area contributed by atoms with Crippen LogP contribution in [0.1, 0.15) is 75.1 Å². The van der Waals surface area contributed by atoms with E-state index in [0.717, 1.165) is 79.1 Å². The van der Waals surface area contributed by atoms with Crippen molar-refractivity contribution in [2.75, 3.05) is 44.5 Å². The van der Waals surface area contributed by atoms with E-state index in [2.05, 4.69) is 70.7 Å². The Hall–Kier alpha value is -4.54. The maximum Gasteiger partial charge on any atom is 0.335 e. The maximum atomic E-state index is 13.5. The molecule has 10 rings (SSSR count). The van der Waals surface area contributed by atoms with E-state index >= 15 is 0 Å². The molecule has 0 bridgehead atoms. The summed E-state index contributed by atoms with van der Waals surface area (Å²) in [6.45, 7) is 6.95. The Morgan fingerprint density at radius 1 is 0.846 bits per heavy atom. The molecule has 2 aromatic rings. The maximum absolute atomic E-state index is 13.5. The number of anilines is 2. The van der Waals surface area contributed by atoms with Gasteiger partial charge < -0.3 is 30.3 Å². The smallest absolute Gasteiger partial charge is 0.335 e. The van der Waals surface area contributed by atoms with E-state index in [1.165, 1.54) is 14.2 Å². The largest absolute Gasteiger partial charge is 0.508 e. The molecular formula is C42H46N4O6. The molecule has 270 valence electrons. The predicted octanol–water partition coefficient (Wildman–Crippen LogP) is 5.91. The average molecular weight is 703 g/mol. The highest BCUT2D eigenvalue weighted by atomic mass is 16.5. The lowest BCUT2D eigenvalue weighted by molar-refractivity contribution is -0.138. The van der Waals surface area contributed by atoms with Crippen molar-refractivity contribution in [3.8, 4) is 11.5 Å². The summed E-state index contributed by atoms with van der Waals surface area (Å²) < 4.78 is 10.8. The van der Waals surface area contributed by atoms with Crippen LogP contribution in [0.3, 0.4) is 0 Å². The van der Waals surface area contributed by atoms with Crippen LogP contribution in [0.4, 0.5) is 11.4 Å². The fourth-order valence-electron chi connectivity index (χ4n) is 12.7. The van der Waals surface area contributed by atoms with Gasteiger partial charge in [-0.2, -0.15) is 0 Å². The fourth-order valence-corrected chi connectivity index (χ4v) is 12.7. The lowest BCUT2D eigenvalue weighted by atomic mass is 9.54. The summed E-state index contributed by atoms with van der Waals surface area (Å²) in [5, 5.41) is 30.3. The third kappa shape index (κ3) is 3.58. The number of benzene rings is 2. The Morgan fingerprint density at radius 3 is 2.23 bits per heavy atom. The molecule has 0 radical (unpaired) electrons. The molecule has 7 atom stereocenters. The minimum absolute atomic E-state index is 0.0443. The van der Waals surface area contributed by atoms with Gasteiger partial charge in [0.25, 0.3) is 0 Å². The van der Waals surface area contributed by atoms with Crippen LogP contribution in [0.2, 0.25) is 0 Å². The van der Waals surface area contributed by atoms with Gasteiger partial charge in [0.2, 0.25) is 0 Å². The summed E-state index contributed by atoms with van der Waals surface area (Å²) in [5.74, 6) is -0.254. The number of hydrogen-bond donors (Lipinski definition) is 4. The lowest BCUT2D eigenvalue weighted by Gasteiger charge is -2.55. The molecule has 2 saturated heterocycles. The first-order chi connectivity index (χ1) is 25.1. The van der Waals surface area contributed by atoms with Gasteiger partial charge >= 0.3 is 11.9 Å². The van der Waals surface area contributed by atoms with E-state index in [1.807, 2.05) is 12.1 Å². The molecule has 6 heterocycles. The van der Waals surface area contributed by atoms with Gasteiger partial charge in [-0.05, 0) is 61.8 Å². The van der Waals surface area contributed by atoms with Gasteiger partial charge in [0.1, 0.15) is 11.5 Å². The number of phenolic OH excluding ortho intramolecular Hbond substituents is 2. The number of nitrogens with zero attached hydrogens (tertiary/aromatic N) is 2. The molecule has 0 amide bonds. The topological polar surface area (TPSA) is 124 Å². The second kappa shape index (κ2) is 10.5. The van der Waals surface area contributed by atoms with E-state index in [-0.39, 0.29) is 52.4 Å². The summed E-state index contributed by atoms with van der Waals surface area (Å²) in [6, 6.07) is 9.68. The first kappa shape index (κ1) is 32.1. The van der Waals surface area contributed by atoms with Crippen LogP contribution in [-0.2, 0) is 29.9 Å². The minimum atomic E-state index is -0.572. The highest BCUT2D eigenvalue weighted by molar-refractivity contribution is 5.95. The van der Waals surface area contributed by atoms with E-state index < -0.39 is 10.8 Å². The monoisotopic (exact) mass is 702 g/mol. The lowest BCUT2D eigenvalue weighted by Crippen LogP contribution is -2.59. The number of methoxy groups -OCH3 is 2. The van der Waals surface area contributed by atoms with Crippen LogP contribution in [-0.4, -0.2) is 77.9 Å². The van der Waals surface area contributed by atoms with Gasteiger partial charge in [0.05, 0.1) is 47.9 Å². The quantitative estimate of drug-likeness (QED) is 0.170. The molecule has 8 aliphatic rings. The van der Waals surface area contributed by atoms with Crippen molar-refractivity contribution in [1.29, 1.82) is 0 Å². The molecule has 2 aromatic carbocycles. The minimum Gasteiger partial charge on any atom is -0.508 e. The van der Waals surface area contributed by atoms with Crippen LogP contribution in [0, 0.1) is 10.8 Å². The third-order valence-corrected chi connectivity index (χ3v) is 14.7. The Labute approximate surface area is 303 Å². The number of carbonyl (C=O) groups is 2. The highest BCUT2D eigenvalue weighted by Crippen LogP contribution is 2.68. The number of para-hydroxylation sites is 1. The van der Waals surface area contributed by atoms with Crippen molar-refractivity contribution in [1.82, 2.24) is 9.80 Å². The number of esters is 2. The Kier molecular flexibility index (Phi) is 6.51. The van der Waals surface area contributed by atoms with E-state index in [0.29, 0.717) is 29.7 Å². The molecule has 10 nitrogen and oxygen atoms in total. The zero-order valence-electron chi connectivity index (χ0n) is 30.2. The highest BCUT2D eigenvalue weighted by Gasteiger charge is 2.68. The fraction of sp³-hybridized carbons (Fsp3) is 0.476. The summed E-state index contributed by atoms with van der Waals surface area (Å²) in [7, 11) is 2.90. The molecular weight excluding hydrogens is 656 g/mol. The number of phenols is 2. The van der Waals surface area contributed by atoms with E-state index in [1.54, 1.807) is 6.07 Å². The second-order valence-electron chi connectivity index (χ2n) is 16.3. The first-order valence-electron chi connectivity index (χ1n) is 18.9. The van der Waals surface area contributed by atoms with Gasteiger partial charge in [0.15, 0.2) is 0 Å². The van der Waals surface area contributed by atoms with Crippen LogP contribution in [0.5, 0.6) is 11.5 Å². The third-order valence-electron chi connectivity index (χ3n) is 14.7. The second-order valence-corrected chi connectivity index (χ2v) is 16.3. The molecule has 2 fully saturated rings. The zero-order valence-corrected chi connectivity index (χ0v) is 30.2. The van der Waals surface area contributed by atoms with E-state index in [9.17, 15) is 19.8 Å².